The lowest BCUT2D eigenvalue weighted by Crippen LogP contribution is -2.12. The second-order valence-electron chi connectivity index (χ2n) is 4.21. The molecule has 0 aliphatic heterocycles. The molecule has 0 fully saturated rings. The van der Waals surface area contributed by atoms with E-state index in [9.17, 15) is 4.39 Å². The van der Waals surface area contributed by atoms with Crippen LogP contribution in [0.2, 0.25) is 10.0 Å². The maximum atomic E-state index is 13.1. The van der Waals surface area contributed by atoms with Crippen molar-refractivity contribution in [3.05, 3.63) is 57.8 Å². The third-order valence-corrected chi connectivity index (χ3v) is 3.41. The van der Waals surface area contributed by atoms with Crippen molar-refractivity contribution in [1.82, 2.24) is 5.32 Å². The highest BCUT2D eigenvalue weighted by atomic mass is 35.5. The summed E-state index contributed by atoms with van der Waals surface area (Å²) in [5, 5.41) is 4.29. The molecule has 0 atom stereocenters. The molecule has 0 saturated carbocycles. The third kappa shape index (κ3) is 3.47. The van der Waals surface area contributed by atoms with Gasteiger partial charge < -0.3 is 5.32 Å². The highest BCUT2D eigenvalue weighted by Gasteiger charge is 2.10. The van der Waals surface area contributed by atoms with Crippen LogP contribution < -0.4 is 5.32 Å². The van der Waals surface area contributed by atoms with Gasteiger partial charge in [-0.05, 0) is 48.0 Å². The van der Waals surface area contributed by atoms with Crippen molar-refractivity contribution in [3.8, 4) is 11.1 Å². The highest BCUT2D eigenvalue weighted by Crippen LogP contribution is 2.33. The monoisotopic (exact) mass is 297 g/mol. The molecular weight excluding hydrogens is 284 g/mol. The number of nitrogens with one attached hydrogen (secondary N) is 1. The van der Waals surface area contributed by atoms with E-state index in [1.54, 1.807) is 6.07 Å². The predicted octanol–water partition coefficient (Wildman–Crippen LogP) is 4.91. The van der Waals surface area contributed by atoms with Gasteiger partial charge >= 0.3 is 0 Å². The van der Waals surface area contributed by atoms with Gasteiger partial charge in [-0.25, -0.2) is 4.39 Å². The summed E-state index contributed by atoms with van der Waals surface area (Å²) >= 11 is 12.2. The smallest absolute Gasteiger partial charge is 0.124 e. The lowest BCUT2D eigenvalue weighted by atomic mass is 9.99. The molecule has 0 aliphatic carbocycles. The molecule has 0 bridgehead atoms. The van der Waals surface area contributed by atoms with Crippen LogP contribution in [0, 0.1) is 5.82 Å². The average Bonchev–Trinajstić information content (AvgIpc) is 2.37. The quantitative estimate of drug-likeness (QED) is 0.845. The number of hydrogen-bond acceptors (Lipinski definition) is 1. The zero-order valence-corrected chi connectivity index (χ0v) is 12.0. The van der Waals surface area contributed by atoms with E-state index in [4.69, 9.17) is 23.2 Å². The molecule has 1 N–H and O–H groups in total. The Morgan fingerprint density at radius 2 is 1.84 bits per heavy atom. The Kier molecular flexibility index (Phi) is 4.81. The van der Waals surface area contributed by atoms with Gasteiger partial charge in [-0.2, -0.15) is 0 Å². The summed E-state index contributed by atoms with van der Waals surface area (Å²) in [6.45, 7) is 3.64. The van der Waals surface area contributed by atoms with E-state index in [1.807, 2.05) is 25.1 Å². The topological polar surface area (TPSA) is 12.0 Å². The number of hydrogen-bond donors (Lipinski definition) is 1. The maximum absolute atomic E-state index is 13.1. The van der Waals surface area contributed by atoms with Crippen LogP contribution in [-0.2, 0) is 6.54 Å². The Hall–Kier alpha value is -1.09. The van der Waals surface area contributed by atoms with Crippen LogP contribution in [0.4, 0.5) is 4.39 Å². The zero-order valence-electron chi connectivity index (χ0n) is 10.5. The van der Waals surface area contributed by atoms with Gasteiger partial charge in [-0.3, -0.25) is 0 Å². The fraction of sp³-hybridized carbons (Fsp3) is 0.200. The van der Waals surface area contributed by atoms with Gasteiger partial charge in [0.15, 0.2) is 0 Å². The standard InChI is InChI=1S/C15H14Cl2FN/c1-2-19-9-10-3-4-11(16)7-14(10)13-6-5-12(18)8-15(13)17/h3-8,19H,2,9H2,1H3. The number of halogens is 3. The minimum atomic E-state index is -0.344. The molecule has 0 aliphatic rings. The lowest BCUT2D eigenvalue weighted by Gasteiger charge is -2.12. The van der Waals surface area contributed by atoms with Crippen molar-refractivity contribution in [1.29, 1.82) is 0 Å². The largest absolute Gasteiger partial charge is 0.313 e. The van der Waals surface area contributed by atoms with Crippen molar-refractivity contribution >= 4 is 23.2 Å². The Labute approximate surface area is 122 Å². The molecule has 100 valence electrons. The van der Waals surface area contributed by atoms with E-state index in [1.165, 1.54) is 12.1 Å². The molecule has 0 amide bonds. The van der Waals surface area contributed by atoms with Crippen LogP contribution in [0.3, 0.4) is 0 Å². The summed E-state index contributed by atoms with van der Waals surface area (Å²) in [7, 11) is 0. The zero-order chi connectivity index (χ0) is 13.8. The molecule has 0 aromatic heterocycles. The summed E-state index contributed by atoms with van der Waals surface area (Å²) in [5.74, 6) is -0.344. The van der Waals surface area contributed by atoms with Crippen molar-refractivity contribution in [3.63, 3.8) is 0 Å². The van der Waals surface area contributed by atoms with E-state index in [0.717, 1.165) is 29.8 Å². The summed E-state index contributed by atoms with van der Waals surface area (Å²) in [6, 6.07) is 10.1. The normalized spacial score (nSPS) is 10.7. The Morgan fingerprint density at radius 3 is 2.53 bits per heavy atom. The molecule has 1 nitrogen and oxygen atoms in total. The summed E-state index contributed by atoms with van der Waals surface area (Å²) < 4.78 is 13.1. The minimum Gasteiger partial charge on any atom is -0.313 e. The first-order chi connectivity index (χ1) is 9.11. The van der Waals surface area contributed by atoms with Gasteiger partial charge in [0.2, 0.25) is 0 Å². The van der Waals surface area contributed by atoms with Crippen molar-refractivity contribution in [2.24, 2.45) is 0 Å². The average molecular weight is 298 g/mol. The van der Waals surface area contributed by atoms with Crippen LogP contribution >= 0.6 is 23.2 Å². The summed E-state index contributed by atoms with van der Waals surface area (Å²) in [6.07, 6.45) is 0. The molecule has 2 rings (SSSR count). The first-order valence-electron chi connectivity index (χ1n) is 6.06. The van der Waals surface area contributed by atoms with E-state index in [-0.39, 0.29) is 5.82 Å². The second-order valence-corrected chi connectivity index (χ2v) is 5.05. The van der Waals surface area contributed by atoms with Crippen molar-refractivity contribution in [2.75, 3.05) is 6.54 Å². The van der Waals surface area contributed by atoms with Crippen LogP contribution in [0.25, 0.3) is 11.1 Å². The van der Waals surface area contributed by atoms with Crippen LogP contribution in [0.15, 0.2) is 36.4 Å². The molecule has 0 saturated heterocycles. The minimum absolute atomic E-state index is 0.344. The maximum Gasteiger partial charge on any atom is 0.124 e. The SMILES string of the molecule is CCNCc1ccc(Cl)cc1-c1ccc(F)cc1Cl. The summed E-state index contributed by atoms with van der Waals surface area (Å²) in [5.41, 5.74) is 2.80. The van der Waals surface area contributed by atoms with E-state index in [0.29, 0.717) is 10.0 Å². The molecule has 19 heavy (non-hydrogen) atoms. The van der Waals surface area contributed by atoms with Gasteiger partial charge in [0.1, 0.15) is 5.82 Å². The first-order valence-corrected chi connectivity index (χ1v) is 6.82. The van der Waals surface area contributed by atoms with Crippen molar-refractivity contribution < 1.29 is 4.39 Å². The van der Waals surface area contributed by atoms with E-state index >= 15 is 0 Å². The third-order valence-electron chi connectivity index (χ3n) is 2.86. The van der Waals surface area contributed by atoms with Crippen LogP contribution in [-0.4, -0.2) is 6.54 Å². The Morgan fingerprint density at radius 1 is 1.05 bits per heavy atom. The summed E-state index contributed by atoms with van der Waals surface area (Å²) in [4.78, 5) is 0. The molecule has 0 radical (unpaired) electrons. The van der Waals surface area contributed by atoms with Gasteiger partial charge in [0.25, 0.3) is 0 Å². The highest BCUT2D eigenvalue weighted by molar-refractivity contribution is 6.34. The molecule has 2 aromatic carbocycles. The molecular formula is C15H14Cl2FN. The lowest BCUT2D eigenvalue weighted by molar-refractivity contribution is 0.628. The first kappa shape index (κ1) is 14.3. The van der Waals surface area contributed by atoms with Crippen molar-refractivity contribution in [2.45, 2.75) is 13.5 Å². The van der Waals surface area contributed by atoms with Gasteiger partial charge in [-0.15, -0.1) is 0 Å². The fourth-order valence-electron chi connectivity index (χ4n) is 1.92. The number of rotatable bonds is 4. The Balaban J connectivity index is 2.49. The van der Waals surface area contributed by atoms with Crippen LogP contribution in [0.5, 0.6) is 0 Å². The molecule has 0 heterocycles. The van der Waals surface area contributed by atoms with Crippen LogP contribution in [0.1, 0.15) is 12.5 Å². The fourth-order valence-corrected chi connectivity index (χ4v) is 2.36. The predicted molar refractivity (Wildman–Crippen MR) is 79.2 cm³/mol. The van der Waals surface area contributed by atoms with Gasteiger partial charge in [0, 0.05) is 17.1 Å². The van der Waals surface area contributed by atoms with E-state index in [2.05, 4.69) is 5.32 Å². The van der Waals surface area contributed by atoms with Gasteiger partial charge in [-0.1, -0.05) is 36.2 Å². The van der Waals surface area contributed by atoms with E-state index < -0.39 is 0 Å². The molecule has 0 spiro atoms. The van der Waals surface area contributed by atoms with Gasteiger partial charge in [0.05, 0.1) is 5.02 Å². The molecule has 2 aromatic rings. The second kappa shape index (κ2) is 6.38. The Bertz CT molecular complexity index is 584. The number of benzene rings is 2. The molecule has 0 unspecified atom stereocenters. The molecule has 4 heteroatoms.